The number of nitrogens with zero attached hydrogens (tertiary/aromatic N) is 4. The van der Waals surface area contributed by atoms with E-state index >= 15 is 0 Å². The van der Waals surface area contributed by atoms with E-state index in [-0.39, 0.29) is 6.10 Å². The molecule has 1 fully saturated rings. The van der Waals surface area contributed by atoms with Crippen LogP contribution in [-0.4, -0.2) is 48.7 Å². The van der Waals surface area contributed by atoms with E-state index in [2.05, 4.69) is 32.4 Å². The molecule has 3 rings (SSSR count). The highest BCUT2D eigenvalue weighted by atomic mass is 32.1. The summed E-state index contributed by atoms with van der Waals surface area (Å²) in [4.78, 5) is 14.7. The molecular weight excluding hydrogens is 284 g/mol. The topological polar surface area (TPSA) is 41.5 Å². The SMILES string of the molecule is CN(C)c1nccnc1[C@H]1CN(Cc2cccs2)CCO1. The Labute approximate surface area is 129 Å². The van der Waals surface area contributed by atoms with Crippen molar-refractivity contribution in [2.75, 3.05) is 38.7 Å². The van der Waals surface area contributed by atoms with Crippen LogP contribution in [0.5, 0.6) is 0 Å². The van der Waals surface area contributed by atoms with Crippen molar-refractivity contribution in [1.82, 2.24) is 14.9 Å². The Morgan fingerprint density at radius 1 is 1.38 bits per heavy atom. The number of anilines is 1. The van der Waals surface area contributed by atoms with Crippen molar-refractivity contribution in [2.24, 2.45) is 0 Å². The maximum absolute atomic E-state index is 5.94. The van der Waals surface area contributed by atoms with Gasteiger partial charge in [0.2, 0.25) is 0 Å². The molecule has 3 heterocycles. The Hall–Kier alpha value is -1.50. The molecule has 2 aromatic heterocycles. The van der Waals surface area contributed by atoms with E-state index in [0.29, 0.717) is 0 Å². The van der Waals surface area contributed by atoms with Crippen LogP contribution in [0.1, 0.15) is 16.7 Å². The molecule has 1 aliphatic heterocycles. The Kier molecular flexibility index (Phi) is 4.48. The van der Waals surface area contributed by atoms with Gasteiger partial charge in [-0.1, -0.05) is 6.07 Å². The standard InChI is InChI=1S/C15H20N4OS/c1-18(2)15-14(16-5-6-17-15)13-11-19(7-8-20-13)10-12-4-3-9-21-12/h3-6,9,13H,7-8,10-11H2,1-2H3/t13-/m1/s1. The van der Waals surface area contributed by atoms with Crippen LogP contribution in [-0.2, 0) is 11.3 Å². The van der Waals surface area contributed by atoms with Crippen LogP contribution in [0, 0.1) is 0 Å². The molecule has 21 heavy (non-hydrogen) atoms. The van der Waals surface area contributed by atoms with E-state index in [1.54, 1.807) is 23.7 Å². The van der Waals surface area contributed by atoms with Crippen LogP contribution in [0.3, 0.4) is 0 Å². The molecule has 0 amide bonds. The van der Waals surface area contributed by atoms with Gasteiger partial charge < -0.3 is 9.64 Å². The van der Waals surface area contributed by atoms with Crippen LogP contribution in [0.2, 0.25) is 0 Å². The summed E-state index contributed by atoms with van der Waals surface area (Å²) in [7, 11) is 3.97. The maximum atomic E-state index is 5.94. The number of hydrogen-bond donors (Lipinski definition) is 0. The number of morpholine rings is 1. The fourth-order valence-electron chi connectivity index (χ4n) is 2.55. The molecule has 1 atom stereocenters. The van der Waals surface area contributed by atoms with Gasteiger partial charge in [-0.15, -0.1) is 11.3 Å². The summed E-state index contributed by atoms with van der Waals surface area (Å²) in [5.41, 5.74) is 0.929. The number of hydrogen-bond acceptors (Lipinski definition) is 6. The van der Waals surface area contributed by atoms with Crippen molar-refractivity contribution in [3.8, 4) is 0 Å². The lowest BCUT2D eigenvalue weighted by atomic mass is 10.2. The Morgan fingerprint density at radius 2 is 2.24 bits per heavy atom. The molecule has 0 saturated carbocycles. The molecule has 0 unspecified atom stereocenters. The Bertz CT molecular complexity index is 573. The molecule has 5 nitrogen and oxygen atoms in total. The zero-order valence-electron chi connectivity index (χ0n) is 12.4. The second kappa shape index (κ2) is 6.51. The molecule has 0 radical (unpaired) electrons. The lowest BCUT2D eigenvalue weighted by Crippen LogP contribution is -2.38. The summed E-state index contributed by atoms with van der Waals surface area (Å²) in [6, 6.07) is 4.29. The quantitative estimate of drug-likeness (QED) is 0.866. The lowest BCUT2D eigenvalue weighted by molar-refractivity contribution is -0.0345. The highest BCUT2D eigenvalue weighted by Crippen LogP contribution is 2.27. The molecule has 112 valence electrons. The van der Waals surface area contributed by atoms with Gasteiger partial charge in [-0.25, -0.2) is 4.98 Å². The van der Waals surface area contributed by atoms with Crippen molar-refractivity contribution in [3.63, 3.8) is 0 Å². The van der Waals surface area contributed by atoms with Crippen molar-refractivity contribution in [3.05, 3.63) is 40.5 Å². The maximum Gasteiger partial charge on any atom is 0.152 e. The van der Waals surface area contributed by atoms with Gasteiger partial charge in [-0.3, -0.25) is 9.88 Å². The van der Waals surface area contributed by atoms with Crippen molar-refractivity contribution in [1.29, 1.82) is 0 Å². The number of thiophene rings is 1. The molecule has 0 bridgehead atoms. The minimum Gasteiger partial charge on any atom is -0.369 e. The molecular formula is C15H20N4OS. The lowest BCUT2D eigenvalue weighted by Gasteiger charge is -2.33. The zero-order valence-corrected chi connectivity index (χ0v) is 13.2. The van der Waals surface area contributed by atoms with E-state index in [4.69, 9.17) is 4.74 Å². The Morgan fingerprint density at radius 3 is 3.00 bits per heavy atom. The third-order valence-electron chi connectivity index (χ3n) is 3.54. The molecule has 2 aromatic rings. The summed E-state index contributed by atoms with van der Waals surface area (Å²) in [6.07, 6.45) is 3.46. The summed E-state index contributed by atoms with van der Waals surface area (Å²) < 4.78 is 5.94. The predicted molar refractivity (Wildman–Crippen MR) is 84.6 cm³/mol. The number of rotatable bonds is 4. The fraction of sp³-hybridized carbons (Fsp3) is 0.467. The molecule has 0 spiro atoms. The van der Waals surface area contributed by atoms with E-state index in [9.17, 15) is 0 Å². The monoisotopic (exact) mass is 304 g/mol. The van der Waals surface area contributed by atoms with Gasteiger partial charge in [0.05, 0.1) is 6.61 Å². The van der Waals surface area contributed by atoms with Gasteiger partial charge in [0, 0.05) is 51.0 Å². The smallest absolute Gasteiger partial charge is 0.152 e. The van der Waals surface area contributed by atoms with Crippen LogP contribution in [0.4, 0.5) is 5.82 Å². The summed E-state index contributed by atoms with van der Waals surface area (Å²) in [5, 5.41) is 2.13. The van der Waals surface area contributed by atoms with Crippen LogP contribution >= 0.6 is 11.3 Å². The first-order valence-electron chi connectivity index (χ1n) is 7.08. The second-order valence-corrected chi connectivity index (χ2v) is 6.37. The highest BCUT2D eigenvalue weighted by Gasteiger charge is 2.26. The van der Waals surface area contributed by atoms with E-state index < -0.39 is 0 Å². The van der Waals surface area contributed by atoms with Gasteiger partial charge in [0.1, 0.15) is 11.8 Å². The van der Waals surface area contributed by atoms with E-state index in [1.165, 1.54) is 4.88 Å². The third kappa shape index (κ3) is 3.40. The summed E-state index contributed by atoms with van der Waals surface area (Å²) in [6.45, 7) is 3.54. The van der Waals surface area contributed by atoms with Gasteiger partial charge in [-0.05, 0) is 11.4 Å². The van der Waals surface area contributed by atoms with Gasteiger partial charge >= 0.3 is 0 Å². The van der Waals surface area contributed by atoms with Gasteiger partial charge in [0.25, 0.3) is 0 Å². The average molecular weight is 304 g/mol. The first-order chi connectivity index (χ1) is 10.2. The van der Waals surface area contributed by atoms with Crippen LogP contribution in [0.15, 0.2) is 29.9 Å². The van der Waals surface area contributed by atoms with Crippen molar-refractivity contribution < 1.29 is 4.74 Å². The minimum atomic E-state index is -0.00943. The first-order valence-corrected chi connectivity index (χ1v) is 7.96. The van der Waals surface area contributed by atoms with Gasteiger partial charge in [-0.2, -0.15) is 0 Å². The zero-order chi connectivity index (χ0) is 14.7. The molecule has 1 aliphatic rings. The fourth-order valence-corrected chi connectivity index (χ4v) is 3.29. The molecule has 0 aliphatic carbocycles. The van der Waals surface area contributed by atoms with Crippen LogP contribution in [0.25, 0.3) is 0 Å². The largest absolute Gasteiger partial charge is 0.369 e. The first kappa shape index (κ1) is 14.4. The average Bonchev–Trinajstić information content (AvgIpc) is 3.00. The molecule has 1 saturated heterocycles. The van der Waals surface area contributed by atoms with Gasteiger partial charge in [0.15, 0.2) is 5.82 Å². The summed E-state index contributed by atoms with van der Waals surface area (Å²) >= 11 is 1.80. The minimum absolute atomic E-state index is 0.00943. The van der Waals surface area contributed by atoms with Crippen molar-refractivity contribution >= 4 is 17.2 Å². The predicted octanol–water partition coefficient (Wildman–Crippen LogP) is 2.18. The number of ether oxygens (including phenoxy) is 1. The van der Waals surface area contributed by atoms with Crippen LogP contribution < -0.4 is 4.90 Å². The van der Waals surface area contributed by atoms with Crippen molar-refractivity contribution in [2.45, 2.75) is 12.6 Å². The second-order valence-electron chi connectivity index (χ2n) is 5.33. The molecule has 0 N–H and O–H groups in total. The Balaban J connectivity index is 1.74. The molecule has 0 aromatic carbocycles. The molecule has 6 heteroatoms. The summed E-state index contributed by atoms with van der Waals surface area (Å²) in [5.74, 6) is 0.889. The third-order valence-corrected chi connectivity index (χ3v) is 4.41. The number of aromatic nitrogens is 2. The van der Waals surface area contributed by atoms with E-state index in [1.807, 2.05) is 19.0 Å². The highest BCUT2D eigenvalue weighted by molar-refractivity contribution is 7.09. The normalized spacial score (nSPS) is 19.6. The van der Waals surface area contributed by atoms with E-state index in [0.717, 1.165) is 37.8 Å².